The summed E-state index contributed by atoms with van der Waals surface area (Å²) in [6, 6.07) is 4.74. The van der Waals surface area contributed by atoms with Crippen molar-refractivity contribution in [3.05, 3.63) is 28.8 Å². The maximum absolute atomic E-state index is 12.4. The number of aryl methyl sites for hydroxylation is 2. The van der Waals surface area contributed by atoms with Crippen LogP contribution < -0.4 is 15.8 Å². The summed E-state index contributed by atoms with van der Waals surface area (Å²) < 4.78 is 5.83. The molecular formula is C17H24N2O2. The van der Waals surface area contributed by atoms with Gasteiger partial charge in [0.15, 0.2) is 6.10 Å². The standard InChI is InChI=1S/C17H24N2O2/c1-10-7-12-9-16(21-15(12)8-11(10)2)17(20)19-14-5-3-13(18)4-6-14/h7-8,13-14,16H,3-6,9,18H2,1-2H3,(H,19,20). The molecular weight excluding hydrogens is 264 g/mol. The molecule has 1 aromatic rings. The average molecular weight is 288 g/mol. The van der Waals surface area contributed by atoms with Gasteiger partial charge in [0.2, 0.25) is 0 Å². The molecule has 4 heteroatoms. The zero-order valence-corrected chi connectivity index (χ0v) is 12.8. The lowest BCUT2D eigenvalue weighted by atomic mass is 9.91. The van der Waals surface area contributed by atoms with Crippen LogP contribution in [0, 0.1) is 13.8 Å². The first-order valence-corrected chi connectivity index (χ1v) is 7.85. The monoisotopic (exact) mass is 288 g/mol. The lowest BCUT2D eigenvalue weighted by Crippen LogP contribution is -2.45. The summed E-state index contributed by atoms with van der Waals surface area (Å²) in [6.45, 7) is 4.16. The van der Waals surface area contributed by atoms with Crippen molar-refractivity contribution >= 4 is 5.91 Å². The summed E-state index contributed by atoms with van der Waals surface area (Å²) in [7, 11) is 0. The Morgan fingerprint density at radius 3 is 2.57 bits per heavy atom. The number of fused-ring (bicyclic) bond motifs is 1. The van der Waals surface area contributed by atoms with Crippen LogP contribution in [0.2, 0.25) is 0 Å². The highest BCUT2D eigenvalue weighted by Gasteiger charge is 2.31. The van der Waals surface area contributed by atoms with Gasteiger partial charge in [0.25, 0.3) is 5.91 Å². The predicted octanol–water partition coefficient (Wildman–Crippen LogP) is 1.99. The molecule has 0 saturated heterocycles. The third-order valence-corrected chi connectivity index (χ3v) is 4.76. The summed E-state index contributed by atoms with van der Waals surface area (Å²) in [4.78, 5) is 12.4. The molecule has 3 N–H and O–H groups in total. The van der Waals surface area contributed by atoms with Crippen LogP contribution in [-0.4, -0.2) is 24.1 Å². The molecule has 0 spiro atoms. The van der Waals surface area contributed by atoms with E-state index >= 15 is 0 Å². The molecule has 1 saturated carbocycles. The molecule has 1 atom stereocenters. The minimum Gasteiger partial charge on any atom is -0.480 e. The van der Waals surface area contributed by atoms with E-state index in [2.05, 4.69) is 25.2 Å². The van der Waals surface area contributed by atoms with Crippen molar-refractivity contribution in [1.82, 2.24) is 5.32 Å². The Bertz CT molecular complexity index is 517. The number of carbonyl (C=O) groups excluding carboxylic acids is 1. The first kappa shape index (κ1) is 14.4. The number of amides is 1. The molecule has 0 bridgehead atoms. The zero-order chi connectivity index (χ0) is 15.0. The number of ether oxygens (including phenoxy) is 1. The minimum atomic E-state index is -0.378. The maximum atomic E-state index is 12.4. The number of nitrogens with two attached hydrogens (primary N) is 1. The van der Waals surface area contributed by atoms with Gasteiger partial charge in [-0.15, -0.1) is 0 Å². The lowest BCUT2D eigenvalue weighted by Gasteiger charge is -2.27. The maximum Gasteiger partial charge on any atom is 0.261 e. The van der Waals surface area contributed by atoms with Gasteiger partial charge in [-0.05, 0) is 62.3 Å². The second-order valence-corrected chi connectivity index (χ2v) is 6.48. The number of nitrogens with one attached hydrogen (secondary N) is 1. The molecule has 3 rings (SSSR count). The third-order valence-electron chi connectivity index (χ3n) is 4.76. The molecule has 0 aromatic heterocycles. The van der Waals surface area contributed by atoms with Crippen molar-refractivity contribution in [2.24, 2.45) is 5.73 Å². The van der Waals surface area contributed by atoms with E-state index in [0.29, 0.717) is 12.5 Å². The first-order chi connectivity index (χ1) is 10.0. The second kappa shape index (κ2) is 5.68. The van der Waals surface area contributed by atoms with Crippen LogP contribution in [0.3, 0.4) is 0 Å². The minimum absolute atomic E-state index is 0.0157. The van der Waals surface area contributed by atoms with E-state index in [1.807, 2.05) is 6.07 Å². The van der Waals surface area contributed by atoms with Gasteiger partial charge >= 0.3 is 0 Å². The van der Waals surface area contributed by atoms with Gasteiger partial charge in [-0.2, -0.15) is 0 Å². The van der Waals surface area contributed by atoms with Crippen molar-refractivity contribution in [2.75, 3.05) is 0 Å². The van der Waals surface area contributed by atoms with Gasteiger partial charge in [0.05, 0.1) is 0 Å². The molecule has 4 nitrogen and oxygen atoms in total. The van der Waals surface area contributed by atoms with E-state index in [4.69, 9.17) is 10.5 Å². The SMILES string of the molecule is Cc1cc2c(cc1C)OC(C(=O)NC1CCC(N)CC1)C2. The molecule has 0 radical (unpaired) electrons. The molecule has 1 aromatic carbocycles. The largest absolute Gasteiger partial charge is 0.480 e. The number of carbonyl (C=O) groups is 1. The van der Waals surface area contributed by atoms with Gasteiger partial charge in [-0.1, -0.05) is 6.07 Å². The molecule has 1 amide bonds. The average Bonchev–Trinajstić information content (AvgIpc) is 2.85. The van der Waals surface area contributed by atoms with Gasteiger partial charge in [0.1, 0.15) is 5.75 Å². The summed E-state index contributed by atoms with van der Waals surface area (Å²) in [5.41, 5.74) is 9.50. The van der Waals surface area contributed by atoms with E-state index in [-0.39, 0.29) is 18.1 Å². The fourth-order valence-corrected chi connectivity index (χ4v) is 3.22. The Morgan fingerprint density at radius 1 is 1.19 bits per heavy atom. The third kappa shape index (κ3) is 3.05. The van der Waals surface area contributed by atoms with E-state index in [1.165, 1.54) is 11.1 Å². The number of hydrogen-bond acceptors (Lipinski definition) is 3. The van der Waals surface area contributed by atoms with Crippen LogP contribution >= 0.6 is 0 Å². The molecule has 1 aliphatic heterocycles. The van der Waals surface area contributed by atoms with Gasteiger partial charge in [-0.25, -0.2) is 0 Å². The Kier molecular flexibility index (Phi) is 3.89. The molecule has 1 heterocycles. The highest BCUT2D eigenvalue weighted by atomic mass is 16.5. The van der Waals surface area contributed by atoms with Crippen molar-refractivity contribution < 1.29 is 9.53 Å². The first-order valence-electron chi connectivity index (χ1n) is 7.85. The lowest BCUT2D eigenvalue weighted by molar-refractivity contribution is -0.128. The topological polar surface area (TPSA) is 64.3 Å². The summed E-state index contributed by atoms with van der Waals surface area (Å²) >= 11 is 0. The summed E-state index contributed by atoms with van der Waals surface area (Å²) in [5, 5.41) is 3.13. The van der Waals surface area contributed by atoms with Crippen molar-refractivity contribution in [2.45, 2.75) is 64.1 Å². The fraction of sp³-hybridized carbons (Fsp3) is 0.588. The van der Waals surface area contributed by atoms with Crippen LogP contribution in [0.1, 0.15) is 42.4 Å². The van der Waals surface area contributed by atoms with Crippen LogP contribution in [-0.2, 0) is 11.2 Å². The Morgan fingerprint density at radius 2 is 1.86 bits per heavy atom. The zero-order valence-electron chi connectivity index (χ0n) is 12.8. The van der Waals surface area contributed by atoms with Crippen molar-refractivity contribution in [3.8, 4) is 5.75 Å². The molecule has 21 heavy (non-hydrogen) atoms. The molecule has 1 unspecified atom stereocenters. The predicted molar refractivity (Wildman–Crippen MR) is 82.4 cm³/mol. The quantitative estimate of drug-likeness (QED) is 0.875. The normalized spacial score (nSPS) is 27.9. The molecule has 114 valence electrons. The van der Waals surface area contributed by atoms with Crippen LogP contribution in [0.4, 0.5) is 0 Å². The highest BCUT2D eigenvalue weighted by Crippen LogP contribution is 2.31. The number of benzene rings is 1. The highest BCUT2D eigenvalue weighted by molar-refractivity contribution is 5.82. The van der Waals surface area contributed by atoms with E-state index in [9.17, 15) is 4.79 Å². The Labute approximate surface area is 126 Å². The van der Waals surface area contributed by atoms with Gasteiger partial charge in [0, 0.05) is 18.5 Å². The van der Waals surface area contributed by atoms with Crippen LogP contribution in [0.25, 0.3) is 0 Å². The number of hydrogen-bond donors (Lipinski definition) is 2. The molecule has 1 aliphatic carbocycles. The summed E-state index contributed by atoms with van der Waals surface area (Å²) in [5.74, 6) is 0.880. The van der Waals surface area contributed by atoms with E-state index in [1.54, 1.807) is 0 Å². The second-order valence-electron chi connectivity index (χ2n) is 6.48. The molecule has 2 aliphatic rings. The van der Waals surface area contributed by atoms with Crippen molar-refractivity contribution in [1.29, 1.82) is 0 Å². The Balaban J connectivity index is 1.60. The van der Waals surface area contributed by atoms with Crippen LogP contribution in [0.15, 0.2) is 12.1 Å². The number of rotatable bonds is 2. The molecule has 1 fully saturated rings. The van der Waals surface area contributed by atoms with Crippen molar-refractivity contribution in [3.63, 3.8) is 0 Å². The Hall–Kier alpha value is -1.55. The van der Waals surface area contributed by atoms with Gasteiger partial charge in [-0.3, -0.25) is 4.79 Å². The van der Waals surface area contributed by atoms with E-state index < -0.39 is 0 Å². The van der Waals surface area contributed by atoms with Crippen LogP contribution in [0.5, 0.6) is 5.75 Å². The smallest absolute Gasteiger partial charge is 0.261 e. The summed E-state index contributed by atoms with van der Waals surface area (Å²) in [6.07, 6.45) is 4.24. The fourth-order valence-electron chi connectivity index (χ4n) is 3.22. The van der Waals surface area contributed by atoms with Gasteiger partial charge < -0.3 is 15.8 Å². The van der Waals surface area contributed by atoms with E-state index in [0.717, 1.165) is 37.0 Å².